The second-order valence-electron chi connectivity index (χ2n) is 7.60. The summed E-state index contributed by atoms with van der Waals surface area (Å²) < 4.78 is 4.34. The zero-order valence-electron chi connectivity index (χ0n) is 16.6. The fraction of sp³-hybridized carbons (Fsp3) is 0.400. The number of piperidine rings is 1. The molecular weight excluding hydrogens is 370 g/mol. The minimum Gasteiger partial charge on any atom is -0.354 e. The van der Waals surface area contributed by atoms with Crippen molar-refractivity contribution in [1.82, 2.24) is 18.7 Å². The second-order valence-corrected chi connectivity index (χ2v) is 7.60. The fourth-order valence-corrected chi connectivity index (χ4v) is 4.01. The lowest BCUT2D eigenvalue weighted by Crippen LogP contribution is -2.67. The number of nitriles is 1. The molecule has 29 heavy (non-hydrogen) atoms. The van der Waals surface area contributed by atoms with Crippen LogP contribution in [-0.4, -0.2) is 37.8 Å². The van der Waals surface area contributed by atoms with E-state index in [1.54, 1.807) is 13.1 Å². The SMILES string of the molecule is Cn1c(=O)c2c(nc(N3CCC[C@@H]([NH3+])C3)n2Cc2ccccc2C#N)n(C)c1=O. The van der Waals surface area contributed by atoms with Gasteiger partial charge in [-0.05, 0) is 18.1 Å². The lowest BCUT2D eigenvalue weighted by Gasteiger charge is -2.30. The van der Waals surface area contributed by atoms with E-state index in [1.807, 2.05) is 22.8 Å². The summed E-state index contributed by atoms with van der Waals surface area (Å²) in [6.07, 6.45) is 2.04. The third kappa shape index (κ3) is 3.11. The van der Waals surface area contributed by atoms with Crippen molar-refractivity contribution in [3.05, 3.63) is 56.2 Å². The minimum atomic E-state index is -0.412. The molecule has 1 atom stereocenters. The van der Waals surface area contributed by atoms with Crippen LogP contribution < -0.4 is 21.9 Å². The first kappa shape index (κ1) is 19.0. The predicted molar refractivity (Wildman–Crippen MR) is 109 cm³/mol. The van der Waals surface area contributed by atoms with Gasteiger partial charge in [-0.25, -0.2) is 4.79 Å². The molecule has 3 aromatic rings. The Kier molecular flexibility index (Phi) is 4.72. The first-order chi connectivity index (χ1) is 13.9. The number of rotatable bonds is 3. The van der Waals surface area contributed by atoms with E-state index in [1.165, 1.54) is 11.6 Å². The van der Waals surface area contributed by atoms with Crippen LogP contribution in [0.3, 0.4) is 0 Å². The molecule has 1 aromatic carbocycles. The van der Waals surface area contributed by atoms with Gasteiger partial charge in [0.05, 0.1) is 24.7 Å². The molecule has 2 aromatic heterocycles. The van der Waals surface area contributed by atoms with Crippen molar-refractivity contribution in [2.45, 2.75) is 25.4 Å². The number of imidazole rings is 1. The highest BCUT2D eigenvalue weighted by atomic mass is 16.2. The zero-order chi connectivity index (χ0) is 20.7. The molecule has 4 rings (SSSR count). The lowest BCUT2D eigenvalue weighted by atomic mass is 10.1. The molecule has 0 amide bonds. The Balaban J connectivity index is 1.99. The number of hydrogen-bond donors (Lipinski definition) is 1. The number of aryl methyl sites for hydroxylation is 1. The van der Waals surface area contributed by atoms with Crippen molar-refractivity contribution < 1.29 is 5.73 Å². The van der Waals surface area contributed by atoms with E-state index in [0.717, 1.165) is 36.1 Å². The molecule has 1 saturated heterocycles. The van der Waals surface area contributed by atoms with Gasteiger partial charge in [0, 0.05) is 27.1 Å². The highest BCUT2D eigenvalue weighted by molar-refractivity contribution is 5.75. The summed E-state index contributed by atoms with van der Waals surface area (Å²) in [5.41, 5.74) is 5.46. The van der Waals surface area contributed by atoms with Crippen LogP contribution >= 0.6 is 0 Å². The molecule has 0 unspecified atom stereocenters. The van der Waals surface area contributed by atoms with Gasteiger partial charge >= 0.3 is 5.69 Å². The van der Waals surface area contributed by atoms with E-state index < -0.39 is 5.69 Å². The maximum absolute atomic E-state index is 13.0. The molecule has 1 aliphatic rings. The Bertz CT molecular complexity index is 1240. The molecule has 1 aliphatic heterocycles. The molecular formula is C20H24N7O2+. The summed E-state index contributed by atoms with van der Waals surface area (Å²) in [4.78, 5) is 32.3. The number of fused-ring (bicyclic) bond motifs is 1. The first-order valence-corrected chi connectivity index (χ1v) is 9.64. The molecule has 9 nitrogen and oxygen atoms in total. The van der Waals surface area contributed by atoms with Gasteiger partial charge in [0.15, 0.2) is 11.2 Å². The minimum absolute atomic E-state index is 0.273. The van der Waals surface area contributed by atoms with Gasteiger partial charge < -0.3 is 10.6 Å². The molecule has 3 N–H and O–H groups in total. The van der Waals surface area contributed by atoms with E-state index in [9.17, 15) is 14.9 Å². The van der Waals surface area contributed by atoms with Crippen LogP contribution in [0.15, 0.2) is 33.9 Å². The molecule has 150 valence electrons. The van der Waals surface area contributed by atoms with Gasteiger partial charge in [0.25, 0.3) is 5.56 Å². The van der Waals surface area contributed by atoms with Gasteiger partial charge in [-0.2, -0.15) is 10.2 Å². The molecule has 0 saturated carbocycles. The van der Waals surface area contributed by atoms with Crippen LogP contribution in [0, 0.1) is 11.3 Å². The second kappa shape index (κ2) is 7.22. The fourth-order valence-electron chi connectivity index (χ4n) is 4.01. The molecule has 3 heterocycles. The van der Waals surface area contributed by atoms with Crippen LogP contribution in [0.25, 0.3) is 11.2 Å². The van der Waals surface area contributed by atoms with Crippen LogP contribution in [-0.2, 0) is 20.6 Å². The molecule has 0 aliphatic carbocycles. The van der Waals surface area contributed by atoms with Crippen LogP contribution in [0.1, 0.15) is 24.0 Å². The molecule has 9 heteroatoms. The summed E-state index contributed by atoms with van der Waals surface area (Å²) in [5.74, 6) is 0.638. The Morgan fingerprint density at radius 2 is 2.00 bits per heavy atom. The number of anilines is 1. The van der Waals surface area contributed by atoms with Crippen LogP contribution in [0.5, 0.6) is 0 Å². The zero-order valence-corrected chi connectivity index (χ0v) is 16.6. The third-order valence-corrected chi connectivity index (χ3v) is 5.60. The van der Waals surface area contributed by atoms with Gasteiger partial charge in [-0.15, -0.1) is 0 Å². The highest BCUT2D eigenvalue weighted by Gasteiger charge is 2.27. The average Bonchev–Trinajstić information content (AvgIpc) is 3.10. The Morgan fingerprint density at radius 1 is 1.24 bits per heavy atom. The highest BCUT2D eigenvalue weighted by Crippen LogP contribution is 2.24. The van der Waals surface area contributed by atoms with Crippen LogP contribution in [0.4, 0.5) is 5.95 Å². The van der Waals surface area contributed by atoms with Crippen molar-refractivity contribution in [3.8, 4) is 6.07 Å². The first-order valence-electron chi connectivity index (χ1n) is 9.64. The van der Waals surface area contributed by atoms with Gasteiger partial charge in [-0.3, -0.25) is 18.5 Å². The van der Waals surface area contributed by atoms with Crippen molar-refractivity contribution in [3.63, 3.8) is 0 Å². The van der Waals surface area contributed by atoms with E-state index >= 15 is 0 Å². The van der Waals surface area contributed by atoms with Crippen molar-refractivity contribution in [2.75, 3.05) is 18.0 Å². The molecule has 0 spiro atoms. The van der Waals surface area contributed by atoms with Crippen molar-refractivity contribution in [2.24, 2.45) is 14.1 Å². The smallest absolute Gasteiger partial charge is 0.332 e. The van der Waals surface area contributed by atoms with Gasteiger partial charge in [-0.1, -0.05) is 18.2 Å². The van der Waals surface area contributed by atoms with Crippen molar-refractivity contribution >= 4 is 17.1 Å². The Morgan fingerprint density at radius 3 is 2.72 bits per heavy atom. The number of benzene rings is 1. The summed E-state index contributed by atoms with van der Waals surface area (Å²) in [5, 5.41) is 9.49. The van der Waals surface area contributed by atoms with E-state index in [0.29, 0.717) is 29.2 Å². The summed E-state index contributed by atoms with van der Waals surface area (Å²) in [6.45, 7) is 1.86. The van der Waals surface area contributed by atoms with E-state index in [4.69, 9.17) is 4.98 Å². The van der Waals surface area contributed by atoms with E-state index in [-0.39, 0.29) is 11.6 Å². The van der Waals surface area contributed by atoms with Crippen LogP contribution in [0.2, 0.25) is 0 Å². The maximum Gasteiger partial charge on any atom is 0.332 e. The van der Waals surface area contributed by atoms with Crippen molar-refractivity contribution in [1.29, 1.82) is 5.26 Å². The number of nitrogens with zero attached hydrogens (tertiary/aromatic N) is 6. The number of quaternary nitrogens is 1. The van der Waals surface area contributed by atoms with Gasteiger partial charge in [0.2, 0.25) is 5.95 Å². The summed E-state index contributed by atoms with van der Waals surface area (Å²) >= 11 is 0. The predicted octanol–water partition coefficient (Wildman–Crippen LogP) is -0.436. The largest absolute Gasteiger partial charge is 0.354 e. The topological polar surface area (TPSA) is 116 Å². The monoisotopic (exact) mass is 394 g/mol. The quantitative estimate of drug-likeness (QED) is 0.647. The third-order valence-electron chi connectivity index (χ3n) is 5.60. The molecule has 0 bridgehead atoms. The molecule has 0 radical (unpaired) electrons. The lowest BCUT2D eigenvalue weighted by molar-refractivity contribution is -0.419. The Hall–Kier alpha value is -3.38. The Labute approximate surface area is 167 Å². The number of aromatic nitrogens is 4. The standard InChI is InChI=1S/C20H23N7O2/c1-24-17-16(18(28)25(2)20(24)29)27(11-14-7-4-3-6-13(14)10-21)19(23-17)26-9-5-8-15(22)12-26/h3-4,6-7,15H,5,8-9,11-12,22H2,1-2H3/p+1/t15-/m1/s1. The number of hydrogen-bond acceptors (Lipinski definition) is 5. The molecule has 1 fully saturated rings. The summed E-state index contributed by atoms with van der Waals surface area (Å²) in [7, 11) is 3.09. The van der Waals surface area contributed by atoms with Gasteiger partial charge in [0.1, 0.15) is 6.04 Å². The van der Waals surface area contributed by atoms with E-state index in [2.05, 4.69) is 16.7 Å². The average molecular weight is 394 g/mol. The maximum atomic E-state index is 13.0. The summed E-state index contributed by atoms with van der Waals surface area (Å²) in [6, 6.07) is 9.81. The normalized spacial score (nSPS) is 16.9.